The molecule has 0 saturated carbocycles. The highest BCUT2D eigenvalue weighted by Gasteiger charge is 2.48. The summed E-state index contributed by atoms with van der Waals surface area (Å²) in [6.07, 6.45) is -2.19. The summed E-state index contributed by atoms with van der Waals surface area (Å²) in [7, 11) is 0. The van der Waals surface area contributed by atoms with Gasteiger partial charge in [-0.05, 0) is 12.2 Å². The molecular weight excluding hydrogens is 270 g/mol. The van der Waals surface area contributed by atoms with Gasteiger partial charge in [0.25, 0.3) is 0 Å². The van der Waals surface area contributed by atoms with Crippen molar-refractivity contribution in [1.29, 1.82) is 0 Å². The Morgan fingerprint density at radius 3 is 2.63 bits per heavy atom. The van der Waals surface area contributed by atoms with E-state index in [0.717, 1.165) is 0 Å². The maximum absolute atomic E-state index is 10.1. The van der Waals surface area contributed by atoms with Crippen molar-refractivity contribution in [2.75, 3.05) is 26.2 Å². The largest absolute Gasteiger partial charge is 0.394 e. The van der Waals surface area contributed by atoms with E-state index in [1.807, 2.05) is 0 Å². The number of nitrogens with one attached hydrogen (secondary N) is 1. The summed E-state index contributed by atoms with van der Waals surface area (Å²) in [5, 5.41) is 41.8. The maximum Gasteiger partial charge on any atom is 0.166 e. The first kappa shape index (κ1) is 16.3. The summed E-state index contributed by atoms with van der Waals surface area (Å²) in [6.45, 7) is 3.64. The van der Waals surface area contributed by atoms with Crippen LogP contribution >= 0.6 is 12.2 Å². The van der Waals surface area contributed by atoms with Crippen LogP contribution in [0, 0.1) is 0 Å². The number of thiocarbonyl (C=S) groups is 1. The zero-order valence-electron chi connectivity index (χ0n) is 10.6. The molecule has 1 fully saturated rings. The highest BCUT2D eigenvalue weighted by molar-refractivity contribution is 7.80. The minimum atomic E-state index is -1.34. The van der Waals surface area contributed by atoms with Gasteiger partial charge in [0.1, 0.15) is 12.2 Å². The first-order valence-electron chi connectivity index (χ1n) is 5.93. The van der Waals surface area contributed by atoms with E-state index in [-0.39, 0.29) is 18.2 Å². The lowest BCUT2D eigenvalue weighted by molar-refractivity contribution is -0.136. The number of nitrogens with zero attached hydrogens (tertiary/aromatic N) is 1. The third-order valence-corrected chi connectivity index (χ3v) is 3.62. The van der Waals surface area contributed by atoms with Crippen molar-refractivity contribution in [3.8, 4) is 0 Å². The Hall–Kier alpha value is -0.770. The van der Waals surface area contributed by atoms with Crippen LogP contribution in [0.4, 0.5) is 0 Å². The second kappa shape index (κ2) is 6.60. The van der Waals surface area contributed by atoms with Crippen LogP contribution in [0.3, 0.4) is 0 Å². The third-order valence-electron chi connectivity index (χ3n) is 3.36. The van der Waals surface area contributed by atoms with Crippen molar-refractivity contribution in [2.24, 2.45) is 5.73 Å². The molecule has 19 heavy (non-hydrogen) atoms. The normalized spacial score (nSPS) is 34.8. The number of aliphatic hydroxyl groups is 4. The molecule has 1 heterocycles. The average Bonchev–Trinajstić information content (AvgIpc) is 2.39. The lowest BCUT2D eigenvalue weighted by atomic mass is 9.83. The molecule has 4 atom stereocenters. The Morgan fingerprint density at radius 1 is 1.53 bits per heavy atom. The van der Waals surface area contributed by atoms with Gasteiger partial charge in [0.05, 0.1) is 18.2 Å². The highest BCUT2D eigenvalue weighted by atomic mass is 32.1. The third kappa shape index (κ3) is 3.41. The van der Waals surface area contributed by atoms with E-state index in [9.17, 15) is 20.4 Å². The summed E-state index contributed by atoms with van der Waals surface area (Å²) in [6, 6.07) is 0. The van der Waals surface area contributed by atoms with Crippen LogP contribution in [0.15, 0.2) is 12.7 Å². The topological polar surface area (TPSA) is 122 Å². The maximum atomic E-state index is 10.1. The number of nitrogens with two attached hydrogens (primary N) is 1. The quantitative estimate of drug-likeness (QED) is 0.236. The van der Waals surface area contributed by atoms with E-state index < -0.39 is 30.5 Å². The molecule has 4 unspecified atom stereocenters. The van der Waals surface area contributed by atoms with Crippen molar-refractivity contribution in [2.45, 2.75) is 23.9 Å². The number of hydrogen-bond acceptors (Lipinski definition) is 6. The highest BCUT2D eigenvalue weighted by Crippen LogP contribution is 2.22. The predicted octanol–water partition coefficient (Wildman–Crippen LogP) is -2.86. The molecule has 1 aliphatic heterocycles. The van der Waals surface area contributed by atoms with E-state index in [2.05, 4.69) is 11.9 Å². The van der Waals surface area contributed by atoms with Gasteiger partial charge in [0, 0.05) is 19.6 Å². The summed E-state index contributed by atoms with van der Waals surface area (Å²) in [4.78, 5) is 1.54. The van der Waals surface area contributed by atoms with E-state index in [1.165, 1.54) is 0 Å². The van der Waals surface area contributed by atoms with Gasteiger partial charge in [-0.2, -0.15) is 0 Å². The van der Waals surface area contributed by atoms with Crippen LogP contribution < -0.4 is 11.1 Å². The van der Waals surface area contributed by atoms with Gasteiger partial charge in [0.2, 0.25) is 0 Å². The lowest BCUT2D eigenvalue weighted by Gasteiger charge is -2.47. The minimum Gasteiger partial charge on any atom is -0.394 e. The van der Waals surface area contributed by atoms with E-state index >= 15 is 0 Å². The Balaban J connectivity index is 2.90. The van der Waals surface area contributed by atoms with Crippen LogP contribution in [-0.2, 0) is 0 Å². The van der Waals surface area contributed by atoms with Gasteiger partial charge in [0.15, 0.2) is 5.11 Å². The monoisotopic (exact) mass is 291 g/mol. The Labute approximate surface area is 117 Å². The Kier molecular flexibility index (Phi) is 5.65. The van der Waals surface area contributed by atoms with E-state index in [0.29, 0.717) is 6.54 Å². The molecule has 7 nitrogen and oxygen atoms in total. The molecule has 0 spiro atoms. The first-order chi connectivity index (χ1) is 8.88. The van der Waals surface area contributed by atoms with Crippen LogP contribution in [-0.4, -0.2) is 80.5 Å². The van der Waals surface area contributed by atoms with Crippen molar-refractivity contribution >= 4 is 17.3 Å². The van der Waals surface area contributed by atoms with Crippen LogP contribution in [0.5, 0.6) is 0 Å². The first-order valence-corrected chi connectivity index (χ1v) is 6.34. The Morgan fingerprint density at radius 2 is 2.16 bits per heavy atom. The summed E-state index contributed by atoms with van der Waals surface area (Å²) in [5.74, 6) is 0. The second-order valence-corrected chi connectivity index (χ2v) is 5.12. The van der Waals surface area contributed by atoms with Crippen molar-refractivity contribution < 1.29 is 20.4 Å². The number of β-amino-alcohol motifs (C(OH)–C–C–N with tert-alkyl or cyclic N) is 1. The molecule has 0 amide bonds. The molecule has 0 bridgehead atoms. The Bertz CT molecular complexity index is 344. The zero-order chi connectivity index (χ0) is 14.6. The number of piperidine rings is 1. The standard InChI is InChI=1S/C11H21N3O4S/c1-2-3-14(10(12)19)5-11(6-15)9(18)8(17)7(16)4-13-11/h2,7-9,13,15-18H,1,3-6H2,(H2,12,19). The molecule has 0 radical (unpaired) electrons. The van der Waals surface area contributed by atoms with Gasteiger partial charge >= 0.3 is 0 Å². The fourth-order valence-corrected chi connectivity index (χ4v) is 2.29. The number of hydrogen-bond donors (Lipinski definition) is 6. The SMILES string of the molecule is C=CCN(CC1(CO)NCC(O)C(O)C1O)C(N)=S. The molecule has 0 aliphatic carbocycles. The molecule has 110 valence electrons. The van der Waals surface area contributed by atoms with E-state index in [1.54, 1.807) is 11.0 Å². The summed E-state index contributed by atoms with van der Waals surface area (Å²) >= 11 is 4.89. The van der Waals surface area contributed by atoms with Crippen molar-refractivity contribution in [3.05, 3.63) is 12.7 Å². The molecule has 0 aromatic carbocycles. The molecule has 8 heteroatoms. The fourth-order valence-electron chi connectivity index (χ4n) is 2.15. The van der Waals surface area contributed by atoms with Crippen LogP contribution in [0.25, 0.3) is 0 Å². The van der Waals surface area contributed by atoms with Gasteiger partial charge in [-0.15, -0.1) is 6.58 Å². The average molecular weight is 291 g/mol. The number of rotatable bonds is 5. The van der Waals surface area contributed by atoms with Crippen molar-refractivity contribution in [1.82, 2.24) is 10.2 Å². The van der Waals surface area contributed by atoms with Gasteiger partial charge in [-0.1, -0.05) is 6.08 Å². The number of aliphatic hydroxyl groups excluding tert-OH is 4. The molecule has 1 aliphatic rings. The molecule has 7 N–H and O–H groups in total. The predicted molar refractivity (Wildman–Crippen MR) is 74.4 cm³/mol. The lowest BCUT2D eigenvalue weighted by Crippen LogP contribution is -2.73. The zero-order valence-corrected chi connectivity index (χ0v) is 11.4. The van der Waals surface area contributed by atoms with Gasteiger partial charge in [-0.3, -0.25) is 0 Å². The second-order valence-electron chi connectivity index (χ2n) is 4.71. The molecule has 1 rings (SSSR count). The summed E-state index contributed by atoms with van der Waals surface area (Å²) in [5.41, 5.74) is 4.36. The van der Waals surface area contributed by atoms with Gasteiger partial charge < -0.3 is 36.4 Å². The van der Waals surface area contributed by atoms with Gasteiger partial charge in [-0.25, -0.2) is 0 Å². The molecule has 0 aromatic rings. The molecular formula is C11H21N3O4S. The summed E-state index contributed by atoms with van der Waals surface area (Å²) < 4.78 is 0. The molecule has 1 saturated heterocycles. The smallest absolute Gasteiger partial charge is 0.166 e. The minimum absolute atomic E-state index is 0.0536. The fraction of sp³-hybridized carbons (Fsp3) is 0.727. The van der Waals surface area contributed by atoms with Crippen molar-refractivity contribution in [3.63, 3.8) is 0 Å². The van der Waals surface area contributed by atoms with Crippen LogP contribution in [0.1, 0.15) is 0 Å². The van der Waals surface area contributed by atoms with Crippen LogP contribution in [0.2, 0.25) is 0 Å². The molecule has 0 aromatic heterocycles. The van der Waals surface area contributed by atoms with E-state index in [4.69, 9.17) is 18.0 Å².